The Balaban J connectivity index is 2.02. The maximum absolute atomic E-state index is 12.1. The molecule has 1 aromatic heterocycles. The van der Waals surface area contributed by atoms with E-state index in [1.807, 2.05) is 0 Å². The summed E-state index contributed by atoms with van der Waals surface area (Å²) in [6.45, 7) is 0.333. The highest BCUT2D eigenvalue weighted by Gasteiger charge is 2.31. The lowest BCUT2D eigenvalue weighted by Crippen LogP contribution is -2.29. The maximum Gasteiger partial charge on any atom is 0.303 e. The Morgan fingerprint density at radius 3 is 3.00 bits per heavy atom. The second-order valence-corrected chi connectivity index (χ2v) is 5.56. The Labute approximate surface area is 119 Å². The first-order valence-electron chi connectivity index (χ1n) is 5.57. The minimum atomic E-state index is -0.876. The highest BCUT2D eigenvalue weighted by molar-refractivity contribution is 8.26. The highest BCUT2D eigenvalue weighted by Crippen LogP contribution is 2.32. The molecular weight excluding hydrogens is 286 g/mol. The summed E-state index contributed by atoms with van der Waals surface area (Å²) >= 11 is 6.34. The van der Waals surface area contributed by atoms with Crippen LogP contribution in [0.25, 0.3) is 6.08 Å². The number of thioether (sulfide) groups is 1. The van der Waals surface area contributed by atoms with E-state index in [9.17, 15) is 9.59 Å². The number of carboxylic acids is 1. The van der Waals surface area contributed by atoms with Crippen molar-refractivity contribution in [2.24, 2.45) is 0 Å². The third kappa shape index (κ3) is 3.45. The van der Waals surface area contributed by atoms with Crippen molar-refractivity contribution in [3.05, 3.63) is 29.1 Å². The minimum absolute atomic E-state index is 0.0256. The van der Waals surface area contributed by atoms with Crippen LogP contribution in [0.2, 0.25) is 0 Å². The molecular formula is C12H11NO4S2. The number of aliphatic carboxylic acids is 1. The third-order valence-electron chi connectivity index (χ3n) is 2.49. The van der Waals surface area contributed by atoms with Gasteiger partial charge in [0.2, 0.25) is 0 Å². The van der Waals surface area contributed by atoms with Crippen LogP contribution in [-0.4, -0.2) is 32.7 Å². The molecule has 0 radical (unpaired) electrons. The van der Waals surface area contributed by atoms with E-state index in [2.05, 4.69) is 0 Å². The van der Waals surface area contributed by atoms with Crippen LogP contribution in [0.1, 0.15) is 18.4 Å². The summed E-state index contributed by atoms with van der Waals surface area (Å²) in [7, 11) is 0. The lowest BCUT2D eigenvalue weighted by molar-refractivity contribution is -0.137. The molecule has 1 N–H and O–H groups in total. The van der Waals surface area contributed by atoms with Gasteiger partial charge in [0.05, 0.1) is 17.4 Å². The molecule has 1 aromatic rings. The number of hydrogen-bond donors (Lipinski definition) is 1. The van der Waals surface area contributed by atoms with Crippen molar-refractivity contribution in [3.63, 3.8) is 0 Å². The largest absolute Gasteiger partial charge is 0.481 e. The van der Waals surface area contributed by atoms with Gasteiger partial charge in [-0.3, -0.25) is 14.5 Å². The van der Waals surface area contributed by atoms with Crippen LogP contribution < -0.4 is 0 Å². The fraction of sp³-hybridized carbons (Fsp3) is 0.250. The SMILES string of the molecule is O=C(O)CCCN1C(=O)/C(=C/c2ccoc2)SC1=S. The molecule has 1 fully saturated rings. The average Bonchev–Trinajstić information content (AvgIpc) is 2.93. The fourth-order valence-corrected chi connectivity index (χ4v) is 2.90. The summed E-state index contributed by atoms with van der Waals surface area (Å²) in [5.74, 6) is -1.05. The van der Waals surface area contributed by atoms with Gasteiger partial charge in [-0.05, 0) is 18.6 Å². The van der Waals surface area contributed by atoms with Crippen LogP contribution in [0.3, 0.4) is 0 Å². The molecule has 1 aliphatic rings. The first-order valence-corrected chi connectivity index (χ1v) is 6.80. The van der Waals surface area contributed by atoms with E-state index in [4.69, 9.17) is 21.7 Å². The maximum atomic E-state index is 12.1. The molecule has 0 bridgehead atoms. The summed E-state index contributed by atoms with van der Waals surface area (Å²) < 4.78 is 5.39. The summed E-state index contributed by atoms with van der Waals surface area (Å²) in [6, 6.07) is 1.75. The number of thiocarbonyl (C=S) groups is 1. The van der Waals surface area contributed by atoms with E-state index in [-0.39, 0.29) is 12.3 Å². The zero-order chi connectivity index (χ0) is 13.8. The van der Waals surface area contributed by atoms with Crippen molar-refractivity contribution in [1.82, 2.24) is 4.90 Å². The minimum Gasteiger partial charge on any atom is -0.481 e. The van der Waals surface area contributed by atoms with Gasteiger partial charge < -0.3 is 9.52 Å². The quantitative estimate of drug-likeness (QED) is 0.664. The number of hydrogen-bond acceptors (Lipinski definition) is 5. The van der Waals surface area contributed by atoms with Gasteiger partial charge in [-0.1, -0.05) is 24.0 Å². The van der Waals surface area contributed by atoms with E-state index < -0.39 is 5.97 Å². The molecule has 100 valence electrons. The molecule has 0 aromatic carbocycles. The predicted octanol–water partition coefficient (Wildman–Crippen LogP) is 2.35. The molecule has 2 heterocycles. The molecule has 1 saturated heterocycles. The molecule has 0 saturated carbocycles. The molecule has 1 aliphatic heterocycles. The second-order valence-electron chi connectivity index (χ2n) is 3.89. The van der Waals surface area contributed by atoms with Gasteiger partial charge in [0.1, 0.15) is 4.32 Å². The van der Waals surface area contributed by atoms with Crippen LogP contribution in [0.15, 0.2) is 27.9 Å². The molecule has 0 atom stereocenters. The van der Waals surface area contributed by atoms with Gasteiger partial charge in [0, 0.05) is 18.5 Å². The van der Waals surface area contributed by atoms with E-state index >= 15 is 0 Å². The number of rotatable bonds is 5. The molecule has 5 nitrogen and oxygen atoms in total. The summed E-state index contributed by atoms with van der Waals surface area (Å²) in [5.41, 5.74) is 0.797. The van der Waals surface area contributed by atoms with E-state index in [1.165, 1.54) is 29.2 Å². The van der Waals surface area contributed by atoms with Gasteiger partial charge in [-0.25, -0.2) is 0 Å². The van der Waals surface area contributed by atoms with Crippen molar-refractivity contribution < 1.29 is 19.1 Å². The van der Waals surface area contributed by atoms with E-state index in [0.717, 1.165) is 5.56 Å². The Morgan fingerprint density at radius 2 is 2.37 bits per heavy atom. The first-order chi connectivity index (χ1) is 9.08. The summed E-state index contributed by atoms with van der Waals surface area (Å²) in [6.07, 6.45) is 5.19. The number of nitrogens with zero attached hydrogens (tertiary/aromatic N) is 1. The smallest absolute Gasteiger partial charge is 0.303 e. The molecule has 7 heteroatoms. The standard InChI is InChI=1S/C12H11NO4S2/c14-10(15)2-1-4-13-11(16)9(19-12(13)18)6-8-3-5-17-7-8/h3,5-7H,1-2,4H2,(H,14,15)/b9-6-. The van der Waals surface area contributed by atoms with Crippen LogP contribution in [0.4, 0.5) is 0 Å². The predicted molar refractivity (Wildman–Crippen MR) is 75.5 cm³/mol. The lowest BCUT2D eigenvalue weighted by Gasteiger charge is -2.13. The van der Waals surface area contributed by atoms with Crippen LogP contribution in [0.5, 0.6) is 0 Å². The van der Waals surface area contributed by atoms with Crippen LogP contribution in [-0.2, 0) is 9.59 Å². The topological polar surface area (TPSA) is 70.8 Å². The monoisotopic (exact) mass is 297 g/mol. The average molecular weight is 297 g/mol. The van der Waals surface area contributed by atoms with Gasteiger partial charge in [-0.2, -0.15) is 0 Å². The van der Waals surface area contributed by atoms with Gasteiger partial charge in [0.15, 0.2) is 0 Å². The normalized spacial score (nSPS) is 17.5. The molecule has 2 rings (SSSR count). The Kier molecular flexibility index (Phi) is 4.39. The Morgan fingerprint density at radius 1 is 1.58 bits per heavy atom. The third-order valence-corrected chi connectivity index (χ3v) is 3.86. The van der Waals surface area contributed by atoms with Gasteiger partial charge in [0.25, 0.3) is 5.91 Å². The van der Waals surface area contributed by atoms with Crippen molar-refractivity contribution in [2.75, 3.05) is 6.54 Å². The molecule has 0 aliphatic carbocycles. The summed E-state index contributed by atoms with van der Waals surface area (Å²) in [5, 5.41) is 8.58. The number of carbonyl (C=O) groups is 2. The zero-order valence-electron chi connectivity index (χ0n) is 9.87. The number of amides is 1. The van der Waals surface area contributed by atoms with Crippen molar-refractivity contribution in [3.8, 4) is 0 Å². The van der Waals surface area contributed by atoms with Gasteiger partial charge in [-0.15, -0.1) is 0 Å². The first kappa shape index (κ1) is 13.8. The molecule has 19 heavy (non-hydrogen) atoms. The fourth-order valence-electron chi connectivity index (χ4n) is 1.59. The van der Waals surface area contributed by atoms with E-state index in [1.54, 1.807) is 12.1 Å². The second kappa shape index (κ2) is 6.03. The van der Waals surface area contributed by atoms with Crippen LogP contribution in [0, 0.1) is 0 Å². The Hall–Kier alpha value is -1.60. The summed E-state index contributed by atoms with van der Waals surface area (Å²) in [4.78, 5) is 24.5. The van der Waals surface area contributed by atoms with Crippen molar-refractivity contribution in [2.45, 2.75) is 12.8 Å². The molecule has 0 spiro atoms. The zero-order valence-corrected chi connectivity index (χ0v) is 11.5. The molecule has 0 unspecified atom stereocenters. The number of carboxylic acid groups (broad SMARTS) is 1. The van der Waals surface area contributed by atoms with Crippen molar-refractivity contribution >= 4 is 46.3 Å². The lowest BCUT2D eigenvalue weighted by atomic mass is 10.2. The number of carbonyl (C=O) groups excluding carboxylic acids is 1. The Bertz CT molecular complexity index is 536. The van der Waals surface area contributed by atoms with Crippen molar-refractivity contribution in [1.29, 1.82) is 0 Å². The highest BCUT2D eigenvalue weighted by atomic mass is 32.2. The molecule has 1 amide bonds. The van der Waals surface area contributed by atoms with E-state index in [0.29, 0.717) is 22.2 Å². The van der Waals surface area contributed by atoms with Crippen LogP contribution >= 0.6 is 24.0 Å². The van der Waals surface area contributed by atoms with Gasteiger partial charge >= 0.3 is 5.97 Å². The number of furan rings is 1.